The summed E-state index contributed by atoms with van der Waals surface area (Å²) in [7, 11) is 0. The van der Waals surface area contributed by atoms with Gasteiger partial charge in [0.1, 0.15) is 10.6 Å². The van der Waals surface area contributed by atoms with Crippen molar-refractivity contribution in [3.63, 3.8) is 0 Å². The Hall–Kier alpha value is -2.59. The molecule has 0 aliphatic rings. The normalized spacial score (nSPS) is 10.3. The van der Waals surface area contributed by atoms with E-state index in [0.717, 1.165) is 21.8 Å². The van der Waals surface area contributed by atoms with Gasteiger partial charge in [-0.25, -0.2) is 4.79 Å². The molecule has 4 heteroatoms. The fourth-order valence-corrected chi connectivity index (χ4v) is 3.32. The molecule has 0 saturated carbocycles. The van der Waals surface area contributed by atoms with Gasteiger partial charge in [-0.3, -0.25) is 0 Å². The van der Waals surface area contributed by atoms with Crippen molar-refractivity contribution in [2.24, 2.45) is 0 Å². The first kappa shape index (κ1) is 15.3. The van der Waals surface area contributed by atoms with Gasteiger partial charge < -0.3 is 10.1 Å². The van der Waals surface area contributed by atoms with Gasteiger partial charge in [-0.05, 0) is 24.6 Å². The summed E-state index contributed by atoms with van der Waals surface area (Å²) in [5.41, 5.74) is 3.44. The van der Waals surface area contributed by atoms with Gasteiger partial charge in [0.05, 0.1) is 6.61 Å². The predicted octanol–water partition coefficient (Wildman–Crippen LogP) is 5.34. The molecular weight excluding hydrogens is 306 g/mol. The summed E-state index contributed by atoms with van der Waals surface area (Å²) in [4.78, 5) is 12.5. The minimum absolute atomic E-state index is 0.300. The van der Waals surface area contributed by atoms with Crippen molar-refractivity contribution < 1.29 is 9.53 Å². The quantitative estimate of drug-likeness (QED) is 0.644. The summed E-state index contributed by atoms with van der Waals surface area (Å²) in [6.45, 7) is 2.17. The van der Waals surface area contributed by atoms with Gasteiger partial charge in [0.2, 0.25) is 0 Å². The Labute approximate surface area is 139 Å². The summed E-state index contributed by atoms with van der Waals surface area (Å²) in [5.74, 6) is -0.300. The van der Waals surface area contributed by atoms with Crippen LogP contribution in [0.4, 0.5) is 10.7 Å². The lowest BCUT2D eigenvalue weighted by molar-refractivity contribution is 0.0529. The maximum absolute atomic E-state index is 12.5. The molecule has 0 saturated heterocycles. The number of benzene rings is 2. The van der Waals surface area contributed by atoms with Gasteiger partial charge in [-0.1, -0.05) is 48.5 Å². The lowest BCUT2D eigenvalue weighted by Crippen LogP contribution is -2.07. The first-order chi connectivity index (χ1) is 11.3. The molecule has 3 rings (SSSR count). The Morgan fingerprint density at radius 2 is 1.70 bits per heavy atom. The number of thiophene rings is 1. The molecule has 0 amide bonds. The highest BCUT2D eigenvalue weighted by Gasteiger charge is 2.21. The van der Waals surface area contributed by atoms with Crippen LogP contribution in [0.15, 0.2) is 66.0 Å². The largest absolute Gasteiger partial charge is 0.462 e. The molecule has 3 nitrogen and oxygen atoms in total. The van der Waals surface area contributed by atoms with Gasteiger partial charge in [-0.2, -0.15) is 0 Å². The van der Waals surface area contributed by atoms with E-state index in [1.807, 2.05) is 73.0 Å². The number of ether oxygens (including phenoxy) is 1. The standard InChI is InChI=1S/C19H17NO2S/c1-2-22-19(21)17-16(14-9-5-3-6-10-14)13-23-18(17)20-15-11-7-4-8-12-15/h3-13,20H,2H2,1H3. The summed E-state index contributed by atoms with van der Waals surface area (Å²) in [5, 5.41) is 6.11. The Kier molecular flexibility index (Phi) is 4.74. The number of anilines is 2. The van der Waals surface area contributed by atoms with Crippen molar-refractivity contribution in [2.45, 2.75) is 6.92 Å². The monoisotopic (exact) mass is 323 g/mol. The molecule has 0 aliphatic heterocycles. The summed E-state index contributed by atoms with van der Waals surface area (Å²) >= 11 is 1.51. The topological polar surface area (TPSA) is 38.3 Å². The Balaban J connectivity index is 2.03. The van der Waals surface area contributed by atoms with Crippen LogP contribution >= 0.6 is 11.3 Å². The molecule has 0 aliphatic carbocycles. The third kappa shape index (κ3) is 3.43. The first-order valence-corrected chi connectivity index (χ1v) is 8.33. The van der Waals surface area contributed by atoms with Crippen molar-refractivity contribution >= 4 is 28.0 Å². The van der Waals surface area contributed by atoms with E-state index in [0.29, 0.717) is 12.2 Å². The van der Waals surface area contributed by atoms with E-state index in [1.165, 1.54) is 11.3 Å². The number of nitrogens with one attached hydrogen (secondary N) is 1. The van der Waals surface area contributed by atoms with Crippen LogP contribution in [-0.4, -0.2) is 12.6 Å². The first-order valence-electron chi connectivity index (χ1n) is 7.45. The van der Waals surface area contributed by atoms with Crippen molar-refractivity contribution in [1.82, 2.24) is 0 Å². The highest BCUT2D eigenvalue weighted by molar-refractivity contribution is 7.15. The fraction of sp³-hybridized carbons (Fsp3) is 0.105. The molecule has 0 radical (unpaired) electrons. The smallest absolute Gasteiger partial charge is 0.341 e. The summed E-state index contributed by atoms with van der Waals surface area (Å²) in [6.07, 6.45) is 0. The van der Waals surface area contributed by atoms with Crippen molar-refractivity contribution in [3.05, 3.63) is 71.6 Å². The van der Waals surface area contributed by atoms with Gasteiger partial charge in [0.25, 0.3) is 0 Å². The van der Waals surface area contributed by atoms with E-state index < -0.39 is 0 Å². The van der Waals surface area contributed by atoms with E-state index in [2.05, 4.69) is 5.32 Å². The highest BCUT2D eigenvalue weighted by Crippen LogP contribution is 2.37. The number of rotatable bonds is 5. The van der Waals surface area contributed by atoms with E-state index in [9.17, 15) is 4.79 Å². The number of esters is 1. The Morgan fingerprint density at radius 1 is 1.04 bits per heavy atom. The van der Waals surface area contributed by atoms with Gasteiger partial charge in [-0.15, -0.1) is 11.3 Å². The number of hydrogen-bond donors (Lipinski definition) is 1. The molecule has 116 valence electrons. The zero-order valence-electron chi connectivity index (χ0n) is 12.8. The maximum Gasteiger partial charge on any atom is 0.341 e. The molecule has 1 heterocycles. The molecule has 0 atom stereocenters. The van der Waals surface area contributed by atoms with Crippen LogP contribution in [0.2, 0.25) is 0 Å². The number of carbonyl (C=O) groups excluding carboxylic acids is 1. The van der Waals surface area contributed by atoms with E-state index in [1.54, 1.807) is 0 Å². The Bertz CT molecular complexity index is 782. The molecule has 0 bridgehead atoms. The van der Waals surface area contributed by atoms with E-state index in [4.69, 9.17) is 4.74 Å². The minimum Gasteiger partial charge on any atom is -0.462 e. The van der Waals surface area contributed by atoms with Crippen LogP contribution in [0.1, 0.15) is 17.3 Å². The molecule has 1 N–H and O–H groups in total. The zero-order valence-corrected chi connectivity index (χ0v) is 13.6. The average Bonchev–Trinajstić information content (AvgIpc) is 3.00. The molecule has 3 aromatic rings. The second-order valence-electron chi connectivity index (χ2n) is 4.93. The minimum atomic E-state index is -0.300. The van der Waals surface area contributed by atoms with E-state index >= 15 is 0 Å². The molecule has 23 heavy (non-hydrogen) atoms. The molecule has 0 unspecified atom stereocenters. The van der Waals surface area contributed by atoms with Crippen LogP contribution in [0, 0.1) is 0 Å². The van der Waals surface area contributed by atoms with Crippen molar-refractivity contribution in [2.75, 3.05) is 11.9 Å². The predicted molar refractivity (Wildman–Crippen MR) is 95.4 cm³/mol. The SMILES string of the molecule is CCOC(=O)c1c(-c2ccccc2)csc1Nc1ccccc1. The number of hydrogen-bond acceptors (Lipinski definition) is 4. The lowest BCUT2D eigenvalue weighted by atomic mass is 10.0. The van der Waals surface area contributed by atoms with Crippen molar-refractivity contribution in [3.8, 4) is 11.1 Å². The van der Waals surface area contributed by atoms with E-state index in [-0.39, 0.29) is 5.97 Å². The van der Waals surface area contributed by atoms with Gasteiger partial charge in [0.15, 0.2) is 0 Å². The summed E-state index contributed by atoms with van der Waals surface area (Å²) < 4.78 is 5.25. The molecule has 1 aromatic heterocycles. The lowest BCUT2D eigenvalue weighted by Gasteiger charge is -2.09. The Morgan fingerprint density at radius 3 is 2.35 bits per heavy atom. The van der Waals surface area contributed by atoms with Crippen LogP contribution in [0.5, 0.6) is 0 Å². The third-order valence-corrected chi connectivity index (χ3v) is 4.28. The van der Waals surface area contributed by atoms with Crippen LogP contribution in [0.25, 0.3) is 11.1 Å². The molecule has 0 fully saturated rings. The highest BCUT2D eigenvalue weighted by atomic mass is 32.1. The third-order valence-electron chi connectivity index (χ3n) is 3.39. The number of para-hydroxylation sites is 1. The maximum atomic E-state index is 12.5. The van der Waals surface area contributed by atoms with Crippen LogP contribution in [0.3, 0.4) is 0 Å². The van der Waals surface area contributed by atoms with Gasteiger partial charge in [0, 0.05) is 16.6 Å². The second-order valence-corrected chi connectivity index (χ2v) is 5.81. The van der Waals surface area contributed by atoms with Crippen molar-refractivity contribution in [1.29, 1.82) is 0 Å². The zero-order chi connectivity index (χ0) is 16.1. The molecule has 0 spiro atoms. The molecule has 2 aromatic carbocycles. The van der Waals surface area contributed by atoms with Crippen LogP contribution < -0.4 is 5.32 Å². The van der Waals surface area contributed by atoms with Crippen LogP contribution in [-0.2, 0) is 4.74 Å². The fourth-order valence-electron chi connectivity index (χ4n) is 2.34. The average molecular weight is 323 g/mol. The second kappa shape index (κ2) is 7.11. The molecular formula is C19H17NO2S. The van der Waals surface area contributed by atoms with Gasteiger partial charge >= 0.3 is 5.97 Å². The summed E-state index contributed by atoms with van der Waals surface area (Å²) in [6, 6.07) is 19.7. The number of carbonyl (C=O) groups is 1.